The maximum Gasteiger partial charge on any atom is 0.0304 e. The molecule has 0 aliphatic carbocycles. The topological polar surface area (TPSA) is 3.01 Å². The van der Waals surface area contributed by atoms with Gasteiger partial charge in [0.1, 0.15) is 0 Å². The maximum atomic E-state index is 3.75. The third kappa shape index (κ3) is 1.64. The van der Waals surface area contributed by atoms with Crippen molar-refractivity contribution in [3.05, 3.63) is 12.7 Å². The molecule has 3 atom stereocenters. The molecular weight excluding hydrogens is 134 g/mol. The van der Waals surface area contributed by atoms with Gasteiger partial charge < -0.3 is 0 Å². The van der Waals surface area contributed by atoms with Gasteiger partial charge in [-0.2, -0.15) is 0 Å². The Morgan fingerprint density at radius 3 is 2.27 bits per heavy atom. The van der Waals surface area contributed by atoms with E-state index in [-0.39, 0.29) is 0 Å². The van der Waals surface area contributed by atoms with Gasteiger partial charge in [-0.15, -0.1) is 6.58 Å². The SMILES string of the molecule is C=CCN1C(C)C1C(C)(C)C. The smallest absolute Gasteiger partial charge is 0.0304 e. The molecule has 3 unspecified atom stereocenters. The van der Waals surface area contributed by atoms with E-state index in [9.17, 15) is 0 Å². The van der Waals surface area contributed by atoms with Gasteiger partial charge in [0.05, 0.1) is 0 Å². The lowest BCUT2D eigenvalue weighted by atomic mass is 9.90. The van der Waals surface area contributed by atoms with Crippen LogP contribution in [0.25, 0.3) is 0 Å². The summed E-state index contributed by atoms with van der Waals surface area (Å²) in [6.45, 7) is 14.0. The number of hydrogen-bond donors (Lipinski definition) is 0. The molecule has 64 valence electrons. The van der Waals surface area contributed by atoms with Crippen molar-refractivity contribution in [3.63, 3.8) is 0 Å². The van der Waals surface area contributed by atoms with Gasteiger partial charge in [0.2, 0.25) is 0 Å². The Kier molecular flexibility index (Phi) is 2.10. The molecule has 1 heteroatoms. The first kappa shape index (κ1) is 8.79. The van der Waals surface area contributed by atoms with E-state index in [1.165, 1.54) is 0 Å². The van der Waals surface area contributed by atoms with Gasteiger partial charge in [0.25, 0.3) is 0 Å². The first-order valence-electron chi connectivity index (χ1n) is 4.35. The van der Waals surface area contributed by atoms with Crippen LogP contribution in [0, 0.1) is 5.41 Å². The van der Waals surface area contributed by atoms with Crippen molar-refractivity contribution in [2.45, 2.75) is 39.8 Å². The zero-order valence-electron chi connectivity index (χ0n) is 8.09. The molecule has 1 saturated heterocycles. The fraction of sp³-hybridized carbons (Fsp3) is 0.800. The summed E-state index contributed by atoms with van der Waals surface area (Å²) >= 11 is 0. The summed E-state index contributed by atoms with van der Waals surface area (Å²) < 4.78 is 0. The maximum absolute atomic E-state index is 3.75. The molecule has 0 radical (unpaired) electrons. The van der Waals surface area contributed by atoms with Gasteiger partial charge in [-0.1, -0.05) is 26.8 Å². The highest BCUT2D eigenvalue weighted by Crippen LogP contribution is 2.40. The van der Waals surface area contributed by atoms with Gasteiger partial charge >= 0.3 is 0 Å². The highest BCUT2D eigenvalue weighted by atomic mass is 15.3. The molecule has 1 rings (SSSR count). The third-order valence-corrected chi connectivity index (χ3v) is 2.47. The fourth-order valence-corrected chi connectivity index (χ4v) is 2.06. The van der Waals surface area contributed by atoms with Crippen LogP contribution < -0.4 is 0 Å². The molecule has 0 aromatic heterocycles. The first-order chi connectivity index (χ1) is 4.98. The highest BCUT2D eigenvalue weighted by Gasteiger charge is 2.49. The average Bonchev–Trinajstić information content (AvgIpc) is 2.41. The van der Waals surface area contributed by atoms with Crippen molar-refractivity contribution in [2.24, 2.45) is 5.41 Å². The van der Waals surface area contributed by atoms with Crippen LogP contribution in [0.4, 0.5) is 0 Å². The summed E-state index contributed by atoms with van der Waals surface area (Å²) in [6, 6.07) is 1.52. The van der Waals surface area contributed by atoms with E-state index in [4.69, 9.17) is 0 Å². The molecule has 0 amide bonds. The van der Waals surface area contributed by atoms with Gasteiger partial charge in [-0.05, 0) is 12.3 Å². The largest absolute Gasteiger partial charge is 0.290 e. The normalized spacial score (nSPS) is 36.9. The van der Waals surface area contributed by atoms with Crippen LogP contribution in [-0.4, -0.2) is 23.5 Å². The molecule has 1 fully saturated rings. The molecule has 0 aromatic carbocycles. The van der Waals surface area contributed by atoms with Crippen LogP contribution in [0.2, 0.25) is 0 Å². The predicted molar refractivity (Wildman–Crippen MR) is 49.6 cm³/mol. The van der Waals surface area contributed by atoms with E-state index < -0.39 is 0 Å². The summed E-state index contributed by atoms with van der Waals surface area (Å²) in [5.74, 6) is 0. The van der Waals surface area contributed by atoms with Crippen LogP contribution in [0.5, 0.6) is 0 Å². The second kappa shape index (κ2) is 2.63. The quantitative estimate of drug-likeness (QED) is 0.434. The van der Waals surface area contributed by atoms with Crippen LogP contribution in [0.15, 0.2) is 12.7 Å². The summed E-state index contributed by atoms with van der Waals surface area (Å²) in [6.07, 6.45) is 1.99. The molecule has 1 nitrogen and oxygen atoms in total. The minimum Gasteiger partial charge on any atom is -0.290 e. The van der Waals surface area contributed by atoms with Crippen molar-refractivity contribution in [1.82, 2.24) is 4.90 Å². The lowest BCUT2D eigenvalue weighted by Crippen LogP contribution is -2.19. The van der Waals surface area contributed by atoms with Crippen molar-refractivity contribution < 1.29 is 0 Å². The number of nitrogens with zero attached hydrogens (tertiary/aromatic N) is 1. The van der Waals surface area contributed by atoms with Crippen LogP contribution in [0.1, 0.15) is 27.7 Å². The summed E-state index contributed by atoms with van der Waals surface area (Å²) in [4.78, 5) is 2.48. The second-order valence-electron chi connectivity index (χ2n) is 4.54. The molecule has 1 aliphatic rings. The van der Waals surface area contributed by atoms with Crippen LogP contribution in [-0.2, 0) is 0 Å². The minimum atomic E-state index is 0.433. The van der Waals surface area contributed by atoms with Gasteiger partial charge in [0, 0.05) is 18.6 Å². The van der Waals surface area contributed by atoms with E-state index in [0.717, 1.165) is 18.6 Å². The molecule has 1 aliphatic heterocycles. The van der Waals surface area contributed by atoms with Crippen molar-refractivity contribution in [2.75, 3.05) is 6.54 Å². The summed E-state index contributed by atoms with van der Waals surface area (Å²) in [7, 11) is 0. The Labute approximate surface area is 70.1 Å². The van der Waals surface area contributed by atoms with E-state index in [2.05, 4.69) is 39.2 Å². The Morgan fingerprint density at radius 1 is 1.45 bits per heavy atom. The van der Waals surface area contributed by atoms with Gasteiger partial charge in [0.15, 0.2) is 0 Å². The highest BCUT2D eigenvalue weighted by molar-refractivity contribution is 5.07. The second-order valence-corrected chi connectivity index (χ2v) is 4.54. The molecule has 0 saturated carbocycles. The standard InChI is InChI=1S/C10H19N/c1-6-7-11-8(2)9(11)10(3,4)5/h6,8-9H,1,7H2,2-5H3. The number of rotatable bonds is 2. The summed E-state index contributed by atoms with van der Waals surface area (Å²) in [5.41, 5.74) is 0.433. The Bertz CT molecular complexity index is 155. The molecular formula is C10H19N. The van der Waals surface area contributed by atoms with Gasteiger partial charge in [-0.25, -0.2) is 0 Å². The molecule has 0 bridgehead atoms. The molecule has 11 heavy (non-hydrogen) atoms. The Morgan fingerprint density at radius 2 is 2.00 bits per heavy atom. The molecule has 0 aromatic rings. The Balaban J connectivity index is 2.47. The van der Waals surface area contributed by atoms with E-state index in [1.54, 1.807) is 0 Å². The van der Waals surface area contributed by atoms with E-state index in [1.807, 2.05) is 6.08 Å². The van der Waals surface area contributed by atoms with E-state index >= 15 is 0 Å². The van der Waals surface area contributed by atoms with Crippen LogP contribution >= 0.6 is 0 Å². The van der Waals surface area contributed by atoms with E-state index in [0.29, 0.717) is 5.41 Å². The molecule has 0 N–H and O–H groups in total. The zero-order chi connectivity index (χ0) is 8.65. The first-order valence-corrected chi connectivity index (χ1v) is 4.35. The third-order valence-electron chi connectivity index (χ3n) is 2.47. The lowest BCUT2D eigenvalue weighted by Gasteiger charge is -2.17. The molecule has 0 spiro atoms. The predicted octanol–water partition coefficient (Wildman–Crippen LogP) is 2.29. The number of hydrogen-bond acceptors (Lipinski definition) is 1. The fourth-order valence-electron chi connectivity index (χ4n) is 2.06. The van der Waals surface area contributed by atoms with Gasteiger partial charge in [-0.3, -0.25) is 4.90 Å². The van der Waals surface area contributed by atoms with Crippen LogP contribution in [0.3, 0.4) is 0 Å². The minimum absolute atomic E-state index is 0.433. The Hall–Kier alpha value is -0.300. The van der Waals surface area contributed by atoms with Crippen molar-refractivity contribution in [3.8, 4) is 0 Å². The molecule has 1 heterocycles. The zero-order valence-corrected chi connectivity index (χ0v) is 8.09. The monoisotopic (exact) mass is 153 g/mol. The average molecular weight is 153 g/mol. The van der Waals surface area contributed by atoms with Crippen molar-refractivity contribution >= 4 is 0 Å². The lowest BCUT2D eigenvalue weighted by molar-refractivity contribution is 0.340. The van der Waals surface area contributed by atoms with Crippen molar-refractivity contribution in [1.29, 1.82) is 0 Å². The summed E-state index contributed by atoms with van der Waals surface area (Å²) in [5, 5.41) is 0.